The lowest BCUT2D eigenvalue weighted by molar-refractivity contribution is -0.138. The lowest BCUT2D eigenvalue weighted by Crippen LogP contribution is -2.08. The summed E-state index contributed by atoms with van der Waals surface area (Å²) in [4.78, 5) is 16.8. The molecule has 0 saturated heterocycles. The Morgan fingerprint density at radius 2 is 2.19 bits per heavy atom. The van der Waals surface area contributed by atoms with Gasteiger partial charge in [0.1, 0.15) is 22.4 Å². The van der Waals surface area contributed by atoms with Crippen LogP contribution in [0.4, 0.5) is 0 Å². The van der Waals surface area contributed by atoms with Crippen molar-refractivity contribution in [2.24, 2.45) is 0 Å². The zero-order valence-electron chi connectivity index (χ0n) is 11.8. The summed E-state index contributed by atoms with van der Waals surface area (Å²) in [5, 5.41) is 10.0. The van der Waals surface area contributed by atoms with Gasteiger partial charge in [-0.05, 0) is 25.0 Å². The summed E-state index contributed by atoms with van der Waals surface area (Å²) in [6.07, 6.45) is 1.42. The summed E-state index contributed by atoms with van der Waals surface area (Å²) in [6, 6.07) is 5.54. The third kappa shape index (κ3) is 2.35. The molecular formula is C15H15NO4S. The maximum Gasteiger partial charge on any atom is 0.312 e. The number of carbonyl (C=O) groups is 1. The van der Waals surface area contributed by atoms with Gasteiger partial charge in [-0.3, -0.25) is 4.79 Å². The zero-order chi connectivity index (χ0) is 15.0. The van der Waals surface area contributed by atoms with Crippen LogP contribution >= 0.6 is 11.3 Å². The molecule has 110 valence electrons. The van der Waals surface area contributed by atoms with E-state index < -0.39 is 11.9 Å². The first kappa shape index (κ1) is 13.9. The minimum Gasteiger partial charge on any atom is -0.497 e. The Labute approximate surface area is 126 Å². The van der Waals surface area contributed by atoms with E-state index in [2.05, 4.69) is 4.98 Å². The minimum atomic E-state index is -0.799. The van der Waals surface area contributed by atoms with Crippen LogP contribution < -0.4 is 9.47 Å². The summed E-state index contributed by atoms with van der Waals surface area (Å²) in [5.74, 6) is 0.110. The molecule has 1 aliphatic rings. The number of carboxylic acid groups (broad SMARTS) is 1. The van der Waals surface area contributed by atoms with Gasteiger partial charge >= 0.3 is 5.97 Å². The van der Waals surface area contributed by atoms with Crippen LogP contribution in [0.1, 0.15) is 22.9 Å². The van der Waals surface area contributed by atoms with Crippen LogP contribution in [0.15, 0.2) is 18.2 Å². The van der Waals surface area contributed by atoms with Crippen LogP contribution in [0.3, 0.4) is 0 Å². The van der Waals surface area contributed by atoms with Crippen LogP contribution in [0.25, 0.3) is 10.6 Å². The molecule has 0 bridgehead atoms. The second-order valence-electron chi connectivity index (χ2n) is 4.82. The molecule has 0 amide bonds. The lowest BCUT2D eigenvalue weighted by atomic mass is 10.1. The van der Waals surface area contributed by atoms with Gasteiger partial charge in [-0.2, -0.15) is 0 Å². The molecule has 21 heavy (non-hydrogen) atoms. The molecule has 5 nitrogen and oxygen atoms in total. The van der Waals surface area contributed by atoms with E-state index in [1.54, 1.807) is 31.6 Å². The number of nitrogens with zero attached hydrogens (tertiary/aromatic N) is 1. The number of carboxylic acids is 1. The first-order chi connectivity index (χ1) is 10.1. The maximum absolute atomic E-state index is 11.2. The number of hydrogen-bond donors (Lipinski definition) is 1. The van der Waals surface area contributed by atoms with Crippen LogP contribution in [-0.2, 0) is 11.2 Å². The highest BCUT2D eigenvalue weighted by Crippen LogP contribution is 2.42. The number of rotatable bonds is 4. The van der Waals surface area contributed by atoms with Crippen molar-refractivity contribution in [3.05, 3.63) is 28.8 Å². The van der Waals surface area contributed by atoms with Crippen molar-refractivity contribution in [2.75, 3.05) is 14.2 Å². The molecule has 1 N–H and O–H groups in total. The molecule has 0 spiro atoms. The highest BCUT2D eigenvalue weighted by molar-refractivity contribution is 7.15. The van der Waals surface area contributed by atoms with Crippen molar-refractivity contribution in [1.82, 2.24) is 4.98 Å². The number of aliphatic carboxylic acids is 1. The normalized spacial score (nSPS) is 16.6. The highest BCUT2D eigenvalue weighted by atomic mass is 32.1. The highest BCUT2D eigenvalue weighted by Gasteiger charge is 2.32. The third-order valence-electron chi connectivity index (χ3n) is 3.65. The largest absolute Gasteiger partial charge is 0.497 e. The molecule has 6 heteroatoms. The SMILES string of the molecule is COc1ccc(-c2nc3c(s2)CCC3C(=O)O)c(OC)c1. The molecule has 1 atom stereocenters. The summed E-state index contributed by atoms with van der Waals surface area (Å²) in [6.45, 7) is 0. The fourth-order valence-electron chi connectivity index (χ4n) is 2.56. The molecule has 1 unspecified atom stereocenters. The van der Waals surface area contributed by atoms with E-state index in [0.29, 0.717) is 23.6 Å². The maximum atomic E-state index is 11.2. The first-order valence-electron chi connectivity index (χ1n) is 6.59. The summed E-state index contributed by atoms with van der Waals surface area (Å²) < 4.78 is 10.6. The van der Waals surface area contributed by atoms with Gasteiger partial charge in [0.2, 0.25) is 0 Å². The quantitative estimate of drug-likeness (QED) is 0.940. The van der Waals surface area contributed by atoms with Gasteiger partial charge in [0.15, 0.2) is 0 Å². The molecule has 1 aromatic heterocycles. The second kappa shape index (κ2) is 5.37. The topological polar surface area (TPSA) is 68.7 Å². The van der Waals surface area contributed by atoms with E-state index in [1.807, 2.05) is 12.1 Å². The van der Waals surface area contributed by atoms with Crippen LogP contribution in [0.2, 0.25) is 0 Å². The number of methoxy groups -OCH3 is 2. The Kier molecular flexibility index (Phi) is 3.55. The van der Waals surface area contributed by atoms with Gasteiger partial charge in [0.25, 0.3) is 0 Å². The molecule has 3 rings (SSSR count). The predicted molar refractivity (Wildman–Crippen MR) is 79.4 cm³/mol. The monoisotopic (exact) mass is 305 g/mol. The van der Waals surface area contributed by atoms with Gasteiger partial charge in [0, 0.05) is 10.9 Å². The number of aryl methyl sites for hydroxylation is 1. The Bertz CT molecular complexity index is 695. The standard InChI is InChI=1S/C15H15NO4S/c1-19-8-3-4-9(11(7-8)20-2)14-16-13-10(15(17)18)5-6-12(13)21-14/h3-4,7,10H,5-6H2,1-2H3,(H,17,18). The Morgan fingerprint density at radius 3 is 2.86 bits per heavy atom. The second-order valence-corrected chi connectivity index (χ2v) is 5.91. The van der Waals surface area contributed by atoms with E-state index in [0.717, 1.165) is 21.9 Å². The van der Waals surface area contributed by atoms with E-state index in [1.165, 1.54) is 0 Å². The van der Waals surface area contributed by atoms with Crippen molar-refractivity contribution in [1.29, 1.82) is 0 Å². The van der Waals surface area contributed by atoms with Crippen LogP contribution in [0, 0.1) is 0 Å². The van der Waals surface area contributed by atoms with Gasteiger partial charge < -0.3 is 14.6 Å². The molecule has 2 aromatic rings. The smallest absolute Gasteiger partial charge is 0.312 e. The van der Waals surface area contributed by atoms with Crippen LogP contribution in [0.5, 0.6) is 11.5 Å². The van der Waals surface area contributed by atoms with Gasteiger partial charge in [-0.1, -0.05) is 0 Å². The molecule has 0 fully saturated rings. The van der Waals surface area contributed by atoms with Gasteiger partial charge in [0.05, 0.1) is 25.5 Å². The van der Waals surface area contributed by atoms with Crippen molar-refractivity contribution < 1.29 is 19.4 Å². The number of ether oxygens (including phenoxy) is 2. The average molecular weight is 305 g/mol. The zero-order valence-corrected chi connectivity index (χ0v) is 12.6. The molecule has 1 heterocycles. The van der Waals surface area contributed by atoms with Crippen molar-refractivity contribution in [3.8, 4) is 22.1 Å². The van der Waals surface area contributed by atoms with Gasteiger partial charge in [-0.15, -0.1) is 11.3 Å². The average Bonchev–Trinajstić information content (AvgIpc) is 3.06. The Hall–Kier alpha value is -2.08. The lowest BCUT2D eigenvalue weighted by Gasteiger charge is -2.08. The minimum absolute atomic E-state index is 0.478. The Balaban J connectivity index is 2.03. The number of thiazole rings is 1. The predicted octanol–water partition coefficient (Wildman–Crippen LogP) is 2.94. The molecule has 0 saturated carbocycles. The number of hydrogen-bond acceptors (Lipinski definition) is 5. The number of benzene rings is 1. The van der Waals surface area contributed by atoms with Crippen molar-refractivity contribution in [3.63, 3.8) is 0 Å². The molecule has 0 aliphatic heterocycles. The summed E-state index contributed by atoms with van der Waals surface area (Å²) in [7, 11) is 3.20. The van der Waals surface area contributed by atoms with Gasteiger partial charge in [-0.25, -0.2) is 4.98 Å². The number of aromatic nitrogens is 1. The number of fused-ring (bicyclic) bond motifs is 1. The third-order valence-corrected chi connectivity index (χ3v) is 4.82. The molecular weight excluding hydrogens is 290 g/mol. The van der Waals surface area contributed by atoms with Crippen molar-refractivity contribution in [2.45, 2.75) is 18.8 Å². The fourth-order valence-corrected chi connectivity index (χ4v) is 3.73. The van der Waals surface area contributed by atoms with E-state index in [4.69, 9.17) is 9.47 Å². The molecule has 0 radical (unpaired) electrons. The fraction of sp³-hybridized carbons (Fsp3) is 0.333. The molecule has 1 aliphatic carbocycles. The Morgan fingerprint density at radius 1 is 1.38 bits per heavy atom. The summed E-state index contributed by atoms with van der Waals surface area (Å²) >= 11 is 1.54. The summed E-state index contributed by atoms with van der Waals surface area (Å²) in [5.41, 5.74) is 1.57. The van der Waals surface area contributed by atoms with E-state index >= 15 is 0 Å². The van der Waals surface area contributed by atoms with E-state index in [9.17, 15) is 9.90 Å². The molecule has 1 aromatic carbocycles. The van der Waals surface area contributed by atoms with Crippen LogP contribution in [-0.4, -0.2) is 30.3 Å². The first-order valence-corrected chi connectivity index (χ1v) is 7.40. The van der Waals surface area contributed by atoms with E-state index in [-0.39, 0.29) is 0 Å². The van der Waals surface area contributed by atoms with Crippen molar-refractivity contribution >= 4 is 17.3 Å².